The number of rotatable bonds is 11. The second kappa shape index (κ2) is 13.9. The number of aliphatic carboxylic acids is 1. The number of benzene rings is 3. The van der Waals surface area contributed by atoms with Crippen LogP contribution in [0.15, 0.2) is 113 Å². The smallest absolute Gasteiger partial charge is 0.352 e. The van der Waals surface area contributed by atoms with Crippen LogP contribution in [0.25, 0.3) is 0 Å². The number of nitrogens with zero attached hydrogens (tertiary/aromatic N) is 3. The quantitative estimate of drug-likeness (QED) is 0.0883. The molecule has 3 aliphatic rings. The zero-order valence-electron chi connectivity index (χ0n) is 26.4. The molecule has 0 spiro atoms. The molecule has 2 amide bonds. The third kappa shape index (κ3) is 5.98. The summed E-state index contributed by atoms with van der Waals surface area (Å²) in [5, 5.41) is 22.2. The lowest BCUT2D eigenvalue weighted by atomic mass is 9.77. The molecule has 11 nitrogen and oxygen atoms in total. The first-order chi connectivity index (χ1) is 23.9. The van der Waals surface area contributed by atoms with E-state index in [1.165, 1.54) is 35.1 Å². The second-order valence-electron chi connectivity index (χ2n) is 11.7. The zero-order valence-corrected chi connectivity index (χ0v) is 28.1. The molecule has 3 aliphatic heterocycles. The van der Waals surface area contributed by atoms with Gasteiger partial charge in [0.05, 0.1) is 6.61 Å². The first kappa shape index (κ1) is 32.6. The van der Waals surface area contributed by atoms with Crippen molar-refractivity contribution < 1.29 is 29.1 Å². The molecular formula is C36H33N5O6S2. The normalized spacial score (nSPS) is 20.8. The number of thioether (sulfide) groups is 1. The molecule has 49 heavy (non-hydrogen) atoms. The topological polar surface area (TPSA) is 142 Å². The van der Waals surface area contributed by atoms with E-state index < -0.39 is 34.7 Å². The Kier molecular flexibility index (Phi) is 9.21. The van der Waals surface area contributed by atoms with Crippen molar-refractivity contribution in [3.8, 4) is 0 Å². The number of aromatic nitrogens is 1. The number of β-lactam (4-membered cyclic amide) rings is 1. The molecule has 0 bridgehead atoms. The number of carboxylic acid groups (broad SMARTS) is 1. The van der Waals surface area contributed by atoms with Gasteiger partial charge in [-0.2, -0.15) is 0 Å². The Balaban J connectivity index is 1.16. The second-order valence-corrected chi connectivity index (χ2v) is 13.7. The first-order valence-electron chi connectivity index (χ1n) is 15.7. The fourth-order valence-electron chi connectivity index (χ4n) is 6.65. The maximum atomic E-state index is 13.7. The lowest BCUT2D eigenvalue weighted by molar-refractivity contribution is -0.150. The van der Waals surface area contributed by atoms with Crippen molar-refractivity contribution in [2.45, 2.75) is 23.4 Å². The summed E-state index contributed by atoms with van der Waals surface area (Å²) in [6.07, 6.45) is 0.712. The van der Waals surface area contributed by atoms with Gasteiger partial charge in [0.1, 0.15) is 35.5 Å². The van der Waals surface area contributed by atoms with E-state index in [1.807, 2.05) is 54.6 Å². The van der Waals surface area contributed by atoms with Crippen LogP contribution >= 0.6 is 23.1 Å². The third-order valence-corrected chi connectivity index (χ3v) is 11.0. The van der Waals surface area contributed by atoms with Crippen LogP contribution < -0.4 is 10.6 Å². The van der Waals surface area contributed by atoms with Gasteiger partial charge in [-0.15, -0.1) is 23.1 Å². The van der Waals surface area contributed by atoms with Crippen molar-refractivity contribution in [3.63, 3.8) is 0 Å². The molecule has 7 rings (SSSR count). The summed E-state index contributed by atoms with van der Waals surface area (Å²) in [6, 6.07) is 29.3. The van der Waals surface area contributed by atoms with E-state index >= 15 is 0 Å². The molecule has 2 saturated heterocycles. The van der Waals surface area contributed by atoms with E-state index in [1.54, 1.807) is 5.38 Å². The van der Waals surface area contributed by atoms with Gasteiger partial charge in [-0.25, -0.2) is 9.78 Å². The third-order valence-electron chi connectivity index (χ3n) is 8.97. The van der Waals surface area contributed by atoms with Crippen molar-refractivity contribution in [2.24, 2.45) is 11.1 Å². The Morgan fingerprint density at radius 1 is 1.00 bits per heavy atom. The largest absolute Gasteiger partial charge is 0.477 e. The Hall–Kier alpha value is -4.98. The highest BCUT2D eigenvalue weighted by Gasteiger charge is 2.55. The number of amides is 2. The summed E-state index contributed by atoms with van der Waals surface area (Å²) >= 11 is 2.73. The number of fused-ring (bicyclic) bond motifs is 1. The van der Waals surface area contributed by atoms with Crippen LogP contribution in [-0.2, 0) is 29.5 Å². The number of carbonyl (C=O) groups excluding carboxylic acids is 2. The minimum Gasteiger partial charge on any atom is -0.477 e. The van der Waals surface area contributed by atoms with E-state index in [2.05, 4.69) is 52.2 Å². The molecule has 3 N–H and O–H groups in total. The summed E-state index contributed by atoms with van der Waals surface area (Å²) in [6.45, 7) is 0.993. The standard InChI is InChI=1S/C36H33N5O6S2/c1-46-40-28(31(42)38-29-32(43)41-30(34(44)45)26(20-48-33(29)41)22-17-18-47-19-22)27-21-49-35(37-27)39-36(23-11-5-2-6-12-23,24-13-7-3-8-14-24)25-15-9-4-10-16-25/h2-16,21-22,29,33H,17-20H2,1H3,(H,37,39)(H,38,42)(H,44,45)/b40-28-/t22?,29-,33-/m1/s1. The molecule has 250 valence electrons. The van der Waals surface area contributed by atoms with Gasteiger partial charge >= 0.3 is 5.97 Å². The van der Waals surface area contributed by atoms with Crippen molar-refractivity contribution >= 4 is 51.7 Å². The van der Waals surface area contributed by atoms with Crippen LogP contribution in [0.5, 0.6) is 0 Å². The van der Waals surface area contributed by atoms with Crippen LogP contribution in [0.1, 0.15) is 28.8 Å². The number of anilines is 1. The van der Waals surface area contributed by atoms with E-state index in [4.69, 9.17) is 14.6 Å². The molecule has 2 fully saturated rings. The summed E-state index contributed by atoms with van der Waals surface area (Å²) in [7, 11) is 1.33. The maximum absolute atomic E-state index is 13.7. The lowest BCUT2D eigenvalue weighted by Gasteiger charge is -2.50. The zero-order chi connectivity index (χ0) is 34.0. The van der Waals surface area contributed by atoms with Crippen molar-refractivity contribution in [1.29, 1.82) is 0 Å². The molecule has 3 atom stereocenters. The number of thiazole rings is 1. The van der Waals surface area contributed by atoms with Gasteiger partial charge in [-0.05, 0) is 28.7 Å². The number of ether oxygens (including phenoxy) is 1. The predicted octanol–water partition coefficient (Wildman–Crippen LogP) is 4.67. The molecule has 1 aromatic heterocycles. The van der Waals surface area contributed by atoms with E-state index in [-0.39, 0.29) is 23.0 Å². The summed E-state index contributed by atoms with van der Waals surface area (Å²) in [4.78, 5) is 50.5. The Bertz CT molecular complexity index is 1810. The van der Waals surface area contributed by atoms with Gasteiger partial charge in [-0.1, -0.05) is 96.2 Å². The molecule has 13 heteroatoms. The number of hydrogen-bond acceptors (Lipinski definition) is 10. The number of carbonyl (C=O) groups is 3. The fraction of sp³-hybridized carbons (Fsp3) is 0.250. The van der Waals surface area contributed by atoms with Gasteiger partial charge in [0.15, 0.2) is 10.8 Å². The van der Waals surface area contributed by atoms with Crippen LogP contribution in [0.2, 0.25) is 0 Å². The monoisotopic (exact) mass is 695 g/mol. The van der Waals surface area contributed by atoms with Gasteiger partial charge in [0, 0.05) is 23.7 Å². The summed E-state index contributed by atoms with van der Waals surface area (Å²) < 4.78 is 5.47. The number of hydrogen-bond donors (Lipinski definition) is 3. The number of oxime groups is 1. The maximum Gasteiger partial charge on any atom is 0.352 e. The van der Waals surface area contributed by atoms with Gasteiger partial charge in [0.2, 0.25) is 0 Å². The summed E-state index contributed by atoms with van der Waals surface area (Å²) in [5.41, 5.74) is 2.97. The molecule has 0 saturated carbocycles. The molecule has 0 radical (unpaired) electrons. The molecule has 0 aliphatic carbocycles. The summed E-state index contributed by atoms with van der Waals surface area (Å²) in [5.74, 6) is -1.92. The number of carboxylic acids is 1. The van der Waals surface area contributed by atoms with Crippen LogP contribution in [0.3, 0.4) is 0 Å². The molecule has 1 unspecified atom stereocenters. The molecule has 3 aromatic carbocycles. The van der Waals surface area contributed by atoms with Crippen LogP contribution in [0, 0.1) is 5.92 Å². The Morgan fingerprint density at radius 3 is 2.14 bits per heavy atom. The highest BCUT2D eigenvalue weighted by Crippen LogP contribution is 2.44. The van der Waals surface area contributed by atoms with Gasteiger partial charge in [0.25, 0.3) is 11.8 Å². The minimum absolute atomic E-state index is 0.00511. The Morgan fingerprint density at radius 2 is 1.61 bits per heavy atom. The predicted molar refractivity (Wildman–Crippen MR) is 187 cm³/mol. The average Bonchev–Trinajstić information content (AvgIpc) is 3.85. The average molecular weight is 696 g/mol. The lowest BCUT2D eigenvalue weighted by Crippen LogP contribution is -2.71. The van der Waals surface area contributed by atoms with Gasteiger partial charge < -0.3 is 25.3 Å². The Labute approximate surface area is 291 Å². The van der Waals surface area contributed by atoms with E-state index in [0.717, 1.165) is 16.7 Å². The molecule has 4 aromatic rings. The van der Waals surface area contributed by atoms with Crippen molar-refractivity contribution in [2.75, 3.05) is 31.4 Å². The van der Waals surface area contributed by atoms with Crippen LogP contribution in [-0.4, -0.2) is 76.0 Å². The SMILES string of the molecule is CO/N=C(\C(=O)N[C@@H]1C(=O)N2C(C(=O)O)=C(C3CCOC3)CS[C@H]12)c1csc(NC(c2ccccc2)(c2ccccc2)c2ccccc2)n1. The molecule has 4 heterocycles. The van der Waals surface area contributed by atoms with Crippen LogP contribution in [0.4, 0.5) is 5.13 Å². The molecular weight excluding hydrogens is 663 g/mol. The van der Waals surface area contributed by atoms with Crippen molar-refractivity contribution in [1.82, 2.24) is 15.2 Å². The van der Waals surface area contributed by atoms with E-state index in [0.29, 0.717) is 36.1 Å². The highest BCUT2D eigenvalue weighted by atomic mass is 32.2. The van der Waals surface area contributed by atoms with Gasteiger partial charge in [-0.3, -0.25) is 14.5 Å². The van der Waals surface area contributed by atoms with E-state index in [9.17, 15) is 19.5 Å². The first-order valence-corrected chi connectivity index (χ1v) is 17.7. The van der Waals surface area contributed by atoms with Crippen molar-refractivity contribution in [3.05, 3.63) is 130 Å². The fourth-order valence-corrected chi connectivity index (χ4v) is 8.86. The number of nitrogens with one attached hydrogen (secondary N) is 2. The highest BCUT2D eigenvalue weighted by molar-refractivity contribution is 8.00. The minimum atomic E-state index is -1.16.